The summed E-state index contributed by atoms with van der Waals surface area (Å²) >= 11 is 0. The molecule has 0 spiro atoms. The Labute approximate surface area is 174 Å². The summed E-state index contributed by atoms with van der Waals surface area (Å²) in [5.74, 6) is 5.13. The lowest BCUT2D eigenvalue weighted by molar-refractivity contribution is -0.111. The van der Waals surface area contributed by atoms with Gasteiger partial charge in [-0.3, -0.25) is 9.59 Å². The molecule has 0 radical (unpaired) electrons. The standard InChI is InChI=1S/C23H21N5O2/c1-2-5-21(29)25-18-10-8-16(9-11-18)22(30)28-13-12-19(15-28)26-23-24-14-17-6-3-4-7-20(17)27-23/h3-4,6-11,14,19H,12-13,15H2,1H3,(H,25,29)(H,24,26,27)/t19-/m1/s1. The molecule has 1 aromatic heterocycles. The summed E-state index contributed by atoms with van der Waals surface area (Å²) in [5.41, 5.74) is 2.07. The van der Waals surface area contributed by atoms with E-state index >= 15 is 0 Å². The lowest BCUT2D eigenvalue weighted by atomic mass is 10.2. The van der Waals surface area contributed by atoms with Crippen LogP contribution in [0, 0.1) is 11.8 Å². The van der Waals surface area contributed by atoms with Gasteiger partial charge >= 0.3 is 0 Å². The molecule has 0 bridgehead atoms. The third kappa shape index (κ3) is 4.39. The van der Waals surface area contributed by atoms with E-state index in [1.165, 1.54) is 0 Å². The number of amides is 2. The number of aromatic nitrogens is 2. The molecule has 1 fully saturated rings. The Kier molecular flexibility index (Phi) is 5.57. The monoisotopic (exact) mass is 399 g/mol. The Hall–Kier alpha value is -3.92. The van der Waals surface area contributed by atoms with Crippen LogP contribution in [0.4, 0.5) is 11.6 Å². The number of nitrogens with zero attached hydrogens (tertiary/aromatic N) is 3. The second kappa shape index (κ2) is 8.62. The van der Waals surface area contributed by atoms with E-state index in [9.17, 15) is 9.59 Å². The molecule has 7 heteroatoms. The van der Waals surface area contributed by atoms with Gasteiger partial charge in [0.15, 0.2) is 0 Å². The summed E-state index contributed by atoms with van der Waals surface area (Å²) in [6, 6.07) is 14.8. The number of benzene rings is 2. The zero-order chi connectivity index (χ0) is 20.9. The first kappa shape index (κ1) is 19.4. The zero-order valence-electron chi connectivity index (χ0n) is 16.6. The molecule has 0 saturated carbocycles. The van der Waals surface area contributed by atoms with Crippen molar-refractivity contribution in [3.8, 4) is 11.8 Å². The van der Waals surface area contributed by atoms with Crippen LogP contribution >= 0.6 is 0 Å². The van der Waals surface area contributed by atoms with Crippen LogP contribution in [0.25, 0.3) is 10.9 Å². The minimum atomic E-state index is -0.374. The zero-order valence-corrected chi connectivity index (χ0v) is 16.6. The maximum Gasteiger partial charge on any atom is 0.300 e. The lowest BCUT2D eigenvalue weighted by Gasteiger charge is -2.17. The Balaban J connectivity index is 1.36. The molecular formula is C23H21N5O2. The number of nitrogens with one attached hydrogen (secondary N) is 2. The number of likely N-dealkylation sites (tertiary alicyclic amines) is 1. The molecular weight excluding hydrogens is 378 g/mol. The molecule has 30 heavy (non-hydrogen) atoms. The number of carbonyl (C=O) groups excluding carboxylic acids is 2. The highest BCUT2D eigenvalue weighted by Gasteiger charge is 2.27. The summed E-state index contributed by atoms with van der Waals surface area (Å²) in [5, 5.41) is 6.99. The molecule has 7 nitrogen and oxygen atoms in total. The van der Waals surface area contributed by atoms with Crippen molar-refractivity contribution in [2.75, 3.05) is 23.7 Å². The molecule has 1 aliphatic rings. The minimum Gasteiger partial charge on any atom is -0.350 e. The SMILES string of the molecule is CC#CC(=O)Nc1ccc(C(=O)N2CC[C@@H](Nc3ncc4ccccc4n3)C2)cc1. The molecule has 150 valence electrons. The van der Waals surface area contributed by atoms with Crippen LogP contribution in [0.3, 0.4) is 0 Å². The number of anilines is 2. The van der Waals surface area contributed by atoms with Gasteiger partial charge < -0.3 is 15.5 Å². The molecule has 2 amide bonds. The quantitative estimate of drug-likeness (QED) is 0.659. The van der Waals surface area contributed by atoms with Crippen LogP contribution in [0.2, 0.25) is 0 Å². The van der Waals surface area contributed by atoms with Gasteiger partial charge in [-0.1, -0.05) is 24.1 Å². The largest absolute Gasteiger partial charge is 0.350 e. The predicted molar refractivity (Wildman–Crippen MR) is 116 cm³/mol. The molecule has 2 N–H and O–H groups in total. The fraction of sp³-hybridized carbons (Fsp3) is 0.217. The van der Waals surface area contributed by atoms with E-state index in [0.717, 1.165) is 17.3 Å². The number of fused-ring (bicyclic) bond motifs is 1. The van der Waals surface area contributed by atoms with Gasteiger partial charge in [-0.15, -0.1) is 0 Å². The van der Waals surface area contributed by atoms with Gasteiger partial charge in [-0.2, -0.15) is 0 Å². The van der Waals surface area contributed by atoms with Crippen LogP contribution in [-0.4, -0.2) is 45.8 Å². The van der Waals surface area contributed by atoms with Crippen LogP contribution in [0.1, 0.15) is 23.7 Å². The number of rotatable bonds is 4. The Morgan fingerprint density at radius 2 is 1.93 bits per heavy atom. The van der Waals surface area contributed by atoms with Crippen molar-refractivity contribution in [1.82, 2.24) is 14.9 Å². The third-order valence-electron chi connectivity index (χ3n) is 4.93. The number of hydrogen-bond acceptors (Lipinski definition) is 5. The smallest absolute Gasteiger partial charge is 0.300 e. The van der Waals surface area contributed by atoms with Gasteiger partial charge in [0.25, 0.3) is 11.8 Å². The Morgan fingerprint density at radius 3 is 2.73 bits per heavy atom. The fourth-order valence-corrected chi connectivity index (χ4v) is 3.44. The summed E-state index contributed by atoms with van der Waals surface area (Å²) < 4.78 is 0. The van der Waals surface area contributed by atoms with E-state index in [1.807, 2.05) is 29.2 Å². The van der Waals surface area contributed by atoms with Gasteiger partial charge in [-0.05, 0) is 49.6 Å². The van der Waals surface area contributed by atoms with Crippen molar-refractivity contribution in [2.24, 2.45) is 0 Å². The second-order valence-corrected chi connectivity index (χ2v) is 7.04. The molecule has 1 atom stereocenters. The second-order valence-electron chi connectivity index (χ2n) is 7.04. The summed E-state index contributed by atoms with van der Waals surface area (Å²) in [6.45, 7) is 2.85. The van der Waals surface area contributed by atoms with Crippen molar-refractivity contribution in [2.45, 2.75) is 19.4 Å². The van der Waals surface area contributed by atoms with Crippen molar-refractivity contribution in [3.05, 3.63) is 60.3 Å². The van der Waals surface area contributed by atoms with Crippen LogP contribution in [0.5, 0.6) is 0 Å². The van der Waals surface area contributed by atoms with Gasteiger partial charge in [0.1, 0.15) is 0 Å². The normalized spacial score (nSPS) is 15.4. The summed E-state index contributed by atoms with van der Waals surface area (Å²) in [4.78, 5) is 35.1. The van der Waals surface area contributed by atoms with Gasteiger partial charge in [0.05, 0.1) is 5.52 Å². The molecule has 0 aliphatic carbocycles. The van der Waals surface area contributed by atoms with E-state index in [1.54, 1.807) is 37.4 Å². The van der Waals surface area contributed by atoms with E-state index < -0.39 is 0 Å². The first-order valence-corrected chi connectivity index (χ1v) is 9.74. The van der Waals surface area contributed by atoms with Crippen LogP contribution < -0.4 is 10.6 Å². The van der Waals surface area contributed by atoms with Crippen LogP contribution in [0.15, 0.2) is 54.7 Å². The maximum absolute atomic E-state index is 12.8. The van der Waals surface area contributed by atoms with Crippen molar-refractivity contribution in [1.29, 1.82) is 0 Å². The Bertz CT molecular complexity index is 1150. The maximum atomic E-state index is 12.8. The average molecular weight is 399 g/mol. The highest BCUT2D eigenvalue weighted by Crippen LogP contribution is 2.19. The molecule has 2 aromatic carbocycles. The average Bonchev–Trinajstić information content (AvgIpc) is 3.22. The van der Waals surface area contributed by atoms with Crippen LogP contribution in [-0.2, 0) is 4.79 Å². The lowest BCUT2D eigenvalue weighted by Crippen LogP contribution is -2.31. The van der Waals surface area contributed by atoms with Crippen molar-refractivity contribution < 1.29 is 9.59 Å². The molecule has 1 aliphatic heterocycles. The first-order valence-electron chi connectivity index (χ1n) is 9.74. The van der Waals surface area contributed by atoms with Crippen molar-refractivity contribution in [3.63, 3.8) is 0 Å². The third-order valence-corrected chi connectivity index (χ3v) is 4.93. The van der Waals surface area contributed by atoms with E-state index in [4.69, 9.17) is 0 Å². The van der Waals surface area contributed by atoms with Gasteiger partial charge in [0, 0.05) is 42.0 Å². The fourth-order valence-electron chi connectivity index (χ4n) is 3.44. The molecule has 3 aromatic rings. The molecule has 4 rings (SSSR count). The highest BCUT2D eigenvalue weighted by molar-refractivity contribution is 6.04. The Morgan fingerprint density at radius 1 is 1.13 bits per heavy atom. The van der Waals surface area contributed by atoms with E-state index in [2.05, 4.69) is 32.4 Å². The predicted octanol–water partition coefficient (Wildman–Crippen LogP) is 2.92. The first-order chi connectivity index (χ1) is 14.6. The number of para-hydroxylation sites is 1. The number of hydrogen-bond donors (Lipinski definition) is 2. The summed E-state index contributed by atoms with van der Waals surface area (Å²) in [6.07, 6.45) is 2.63. The molecule has 0 unspecified atom stereocenters. The molecule has 1 saturated heterocycles. The minimum absolute atomic E-state index is 0.0371. The van der Waals surface area contributed by atoms with Gasteiger partial charge in [0.2, 0.25) is 5.95 Å². The highest BCUT2D eigenvalue weighted by atomic mass is 16.2. The van der Waals surface area contributed by atoms with E-state index in [-0.39, 0.29) is 17.9 Å². The van der Waals surface area contributed by atoms with Crippen molar-refractivity contribution >= 4 is 34.4 Å². The van der Waals surface area contributed by atoms with Gasteiger partial charge in [-0.25, -0.2) is 9.97 Å². The van der Waals surface area contributed by atoms with E-state index in [0.29, 0.717) is 30.3 Å². The topological polar surface area (TPSA) is 87.2 Å². The number of carbonyl (C=O) groups is 2. The summed E-state index contributed by atoms with van der Waals surface area (Å²) in [7, 11) is 0. The molecule has 2 heterocycles.